The van der Waals surface area contributed by atoms with Crippen LogP contribution < -0.4 is 5.56 Å². The molecule has 9 nitrogen and oxygen atoms in total. The molecule has 0 radical (unpaired) electrons. The van der Waals surface area contributed by atoms with Gasteiger partial charge in [-0.25, -0.2) is 4.98 Å². The molecule has 0 aliphatic heterocycles. The van der Waals surface area contributed by atoms with Gasteiger partial charge in [-0.2, -0.15) is 0 Å². The summed E-state index contributed by atoms with van der Waals surface area (Å²) in [6.07, 6.45) is 0.414. The van der Waals surface area contributed by atoms with Crippen molar-refractivity contribution in [1.29, 1.82) is 0 Å². The zero-order valence-corrected chi connectivity index (χ0v) is 15.4. The van der Waals surface area contributed by atoms with E-state index in [-0.39, 0.29) is 21.3 Å². The average Bonchev–Trinajstić information content (AvgIpc) is 2.65. The SMILES string of the molecule is Cc1nc(Sc2ccc([N+](=O)[O-])cc2[N+](=O)[O-])[nH]c(=O)c1Cc1ccccc1. The molecule has 1 aromatic heterocycles. The van der Waals surface area contributed by atoms with Gasteiger partial charge in [-0.15, -0.1) is 0 Å². The number of hydrogen-bond donors (Lipinski definition) is 1. The highest BCUT2D eigenvalue weighted by Crippen LogP contribution is 2.35. The number of rotatable bonds is 6. The summed E-state index contributed by atoms with van der Waals surface area (Å²) >= 11 is 0.875. The summed E-state index contributed by atoms with van der Waals surface area (Å²) in [5, 5.41) is 22.3. The molecule has 0 amide bonds. The number of aromatic amines is 1. The van der Waals surface area contributed by atoms with Gasteiger partial charge in [0.1, 0.15) is 0 Å². The fourth-order valence-corrected chi connectivity index (χ4v) is 3.50. The van der Waals surface area contributed by atoms with Crippen molar-refractivity contribution in [2.75, 3.05) is 0 Å². The van der Waals surface area contributed by atoms with Gasteiger partial charge in [0.15, 0.2) is 5.16 Å². The van der Waals surface area contributed by atoms with Crippen molar-refractivity contribution in [3.05, 3.63) is 95.9 Å². The van der Waals surface area contributed by atoms with E-state index in [4.69, 9.17) is 0 Å². The van der Waals surface area contributed by atoms with Gasteiger partial charge >= 0.3 is 0 Å². The Labute approximate surface area is 162 Å². The second-order valence-corrected chi connectivity index (χ2v) is 6.90. The molecule has 0 aliphatic carbocycles. The zero-order valence-electron chi connectivity index (χ0n) is 14.6. The van der Waals surface area contributed by atoms with Crippen LogP contribution >= 0.6 is 11.8 Å². The predicted octanol–water partition coefficient (Wildman–Crippen LogP) is 3.64. The number of nitrogens with one attached hydrogen (secondary N) is 1. The van der Waals surface area contributed by atoms with Crippen molar-refractivity contribution < 1.29 is 9.85 Å². The molecule has 0 fully saturated rings. The minimum atomic E-state index is -0.704. The largest absolute Gasteiger partial charge is 0.301 e. The van der Waals surface area contributed by atoms with E-state index in [2.05, 4.69) is 9.97 Å². The molecule has 0 spiro atoms. The molecule has 142 valence electrons. The Morgan fingerprint density at radius 1 is 1.07 bits per heavy atom. The number of H-pyrrole nitrogens is 1. The average molecular weight is 398 g/mol. The van der Waals surface area contributed by atoms with Gasteiger partial charge in [0.2, 0.25) is 0 Å². The molecule has 1 N–H and O–H groups in total. The van der Waals surface area contributed by atoms with E-state index in [0.717, 1.165) is 23.4 Å². The zero-order chi connectivity index (χ0) is 20.3. The first-order valence-corrected chi connectivity index (χ1v) is 8.91. The summed E-state index contributed by atoms with van der Waals surface area (Å²) in [7, 11) is 0. The van der Waals surface area contributed by atoms with Crippen LogP contribution in [0.25, 0.3) is 0 Å². The Kier molecular flexibility index (Phi) is 5.50. The van der Waals surface area contributed by atoms with Crippen LogP contribution in [-0.2, 0) is 6.42 Å². The van der Waals surface area contributed by atoms with E-state index >= 15 is 0 Å². The molecule has 28 heavy (non-hydrogen) atoms. The lowest BCUT2D eigenvalue weighted by atomic mass is 10.1. The molecule has 1 heterocycles. The fourth-order valence-electron chi connectivity index (χ4n) is 2.59. The van der Waals surface area contributed by atoms with Crippen LogP contribution in [0.2, 0.25) is 0 Å². The quantitative estimate of drug-likeness (QED) is 0.381. The standard InChI is InChI=1S/C18H14N4O5S/c1-11-14(9-12-5-3-2-4-6-12)17(23)20-18(19-11)28-16-8-7-13(21(24)25)10-15(16)22(26)27/h2-8,10H,9H2,1H3,(H,19,20,23). The molecule has 0 bridgehead atoms. The number of hydrogen-bond acceptors (Lipinski definition) is 7. The second kappa shape index (κ2) is 8.01. The van der Waals surface area contributed by atoms with E-state index in [9.17, 15) is 25.0 Å². The molecule has 0 aliphatic rings. The Balaban J connectivity index is 1.93. The van der Waals surface area contributed by atoms with Crippen LogP contribution in [0.5, 0.6) is 0 Å². The lowest BCUT2D eigenvalue weighted by Gasteiger charge is -2.07. The van der Waals surface area contributed by atoms with Crippen molar-refractivity contribution in [2.45, 2.75) is 23.4 Å². The first-order chi connectivity index (χ1) is 13.3. The highest BCUT2D eigenvalue weighted by Gasteiger charge is 2.21. The van der Waals surface area contributed by atoms with Gasteiger partial charge in [-0.3, -0.25) is 25.0 Å². The van der Waals surface area contributed by atoms with E-state index in [0.29, 0.717) is 17.7 Å². The van der Waals surface area contributed by atoms with Crippen LogP contribution in [0.1, 0.15) is 16.8 Å². The van der Waals surface area contributed by atoms with Gasteiger partial charge in [0.25, 0.3) is 16.9 Å². The Bertz CT molecular complexity index is 1110. The number of nitro groups is 2. The van der Waals surface area contributed by atoms with Crippen LogP contribution in [0.15, 0.2) is 63.4 Å². The molecule has 2 aromatic carbocycles. The highest BCUT2D eigenvalue weighted by molar-refractivity contribution is 7.99. The first kappa shape index (κ1) is 19.2. The van der Waals surface area contributed by atoms with Gasteiger partial charge in [-0.1, -0.05) is 30.3 Å². The third kappa shape index (κ3) is 4.23. The van der Waals surface area contributed by atoms with Crippen LogP contribution in [0.4, 0.5) is 11.4 Å². The number of benzene rings is 2. The summed E-state index contributed by atoms with van der Waals surface area (Å²) in [6.45, 7) is 1.70. The molecule has 0 unspecified atom stereocenters. The van der Waals surface area contributed by atoms with Gasteiger partial charge in [0, 0.05) is 23.7 Å². The van der Waals surface area contributed by atoms with Crippen LogP contribution in [0.3, 0.4) is 0 Å². The highest BCUT2D eigenvalue weighted by atomic mass is 32.2. The number of non-ortho nitro benzene ring substituents is 1. The number of aryl methyl sites for hydroxylation is 1. The Morgan fingerprint density at radius 2 is 1.79 bits per heavy atom. The maximum atomic E-state index is 12.5. The monoisotopic (exact) mass is 398 g/mol. The van der Waals surface area contributed by atoms with E-state index in [1.165, 1.54) is 12.1 Å². The first-order valence-electron chi connectivity index (χ1n) is 8.09. The summed E-state index contributed by atoms with van der Waals surface area (Å²) in [5.41, 5.74) is 0.848. The van der Waals surface area contributed by atoms with Gasteiger partial charge < -0.3 is 4.98 Å². The molecule has 3 rings (SSSR count). The number of aromatic nitrogens is 2. The fraction of sp³-hybridized carbons (Fsp3) is 0.111. The van der Waals surface area contributed by atoms with Crippen molar-refractivity contribution in [3.8, 4) is 0 Å². The van der Waals surface area contributed by atoms with E-state index < -0.39 is 15.5 Å². The van der Waals surface area contributed by atoms with E-state index in [1.54, 1.807) is 6.92 Å². The van der Waals surface area contributed by atoms with Gasteiger partial charge in [-0.05, 0) is 30.3 Å². The predicted molar refractivity (Wildman–Crippen MR) is 103 cm³/mol. The van der Waals surface area contributed by atoms with Crippen molar-refractivity contribution in [3.63, 3.8) is 0 Å². The maximum Gasteiger partial charge on any atom is 0.290 e. The minimum absolute atomic E-state index is 0.147. The number of nitrogens with zero attached hydrogens (tertiary/aromatic N) is 3. The minimum Gasteiger partial charge on any atom is -0.301 e. The third-order valence-corrected chi connectivity index (χ3v) is 4.93. The second-order valence-electron chi connectivity index (χ2n) is 5.87. The molecule has 0 saturated heterocycles. The van der Waals surface area contributed by atoms with Crippen LogP contribution in [-0.4, -0.2) is 19.8 Å². The Morgan fingerprint density at radius 3 is 2.39 bits per heavy atom. The van der Waals surface area contributed by atoms with Crippen molar-refractivity contribution in [1.82, 2.24) is 9.97 Å². The summed E-state index contributed by atoms with van der Waals surface area (Å²) in [5.74, 6) is 0. The lowest BCUT2D eigenvalue weighted by Crippen LogP contribution is -2.17. The maximum absolute atomic E-state index is 12.5. The van der Waals surface area contributed by atoms with Crippen LogP contribution in [0, 0.1) is 27.2 Å². The molecular formula is C18H14N4O5S. The van der Waals surface area contributed by atoms with Gasteiger partial charge in [0.05, 0.1) is 20.8 Å². The number of nitro benzene ring substituents is 2. The smallest absolute Gasteiger partial charge is 0.290 e. The molecule has 0 atom stereocenters. The van der Waals surface area contributed by atoms with E-state index in [1.807, 2.05) is 30.3 Å². The lowest BCUT2D eigenvalue weighted by molar-refractivity contribution is -0.396. The third-order valence-electron chi connectivity index (χ3n) is 3.98. The summed E-state index contributed by atoms with van der Waals surface area (Å²) in [4.78, 5) is 40.3. The normalized spacial score (nSPS) is 10.6. The topological polar surface area (TPSA) is 132 Å². The molecule has 10 heteroatoms. The molecular weight excluding hydrogens is 384 g/mol. The summed E-state index contributed by atoms with van der Waals surface area (Å²) in [6, 6.07) is 12.8. The molecule has 3 aromatic rings. The van der Waals surface area contributed by atoms with Crippen molar-refractivity contribution >= 4 is 23.1 Å². The summed E-state index contributed by atoms with van der Waals surface area (Å²) < 4.78 is 0. The Hall–Kier alpha value is -3.53. The van der Waals surface area contributed by atoms with Crippen molar-refractivity contribution in [2.24, 2.45) is 0 Å². The molecule has 0 saturated carbocycles.